The molecule has 1 unspecified atom stereocenters. The van der Waals surface area contributed by atoms with Gasteiger partial charge in [0.1, 0.15) is 17.2 Å². The molecule has 0 spiro atoms. The maximum Gasteiger partial charge on any atom is 0.153 e. The van der Waals surface area contributed by atoms with Crippen LogP contribution in [0.4, 0.5) is 8.78 Å². The van der Waals surface area contributed by atoms with Crippen molar-refractivity contribution >= 4 is 34.0 Å². The van der Waals surface area contributed by atoms with Gasteiger partial charge in [-0.25, -0.2) is 13.8 Å². The van der Waals surface area contributed by atoms with E-state index in [1.807, 2.05) is 11.4 Å². The molecule has 0 N–H and O–H groups in total. The largest absolute Gasteiger partial charge is 0.326 e. The van der Waals surface area contributed by atoms with Gasteiger partial charge in [-0.1, -0.05) is 0 Å². The molecule has 6 heteroatoms. The van der Waals surface area contributed by atoms with E-state index in [1.54, 1.807) is 22.8 Å². The molecular formula is C15H13ClF2N2S. The first-order chi connectivity index (χ1) is 10.1. The number of halogens is 3. The van der Waals surface area contributed by atoms with Crippen molar-refractivity contribution < 1.29 is 8.78 Å². The number of imidazole rings is 1. The van der Waals surface area contributed by atoms with Crippen LogP contribution in [-0.4, -0.2) is 9.55 Å². The average molecular weight is 327 g/mol. The summed E-state index contributed by atoms with van der Waals surface area (Å²) in [5.74, 6) is -0.699. The zero-order valence-corrected chi connectivity index (χ0v) is 12.9. The third kappa shape index (κ3) is 2.80. The van der Waals surface area contributed by atoms with E-state index in [1.165, 1.54) is 11.6 Å². The van der Waals surface area contributed by atoms with E-state index in [0.29, 0.717) is 17.9 Å². The SMILES string of the molecule is CC(Cl)c1nc2c(F)cc(F)cc2n1CCc1ccsc1. The number of hydrogen-bond donors (Lipinski definition) is 0. The van der Waals surface area contributed by atoms with Gasteiger partial charge in [-0.3, -0.25) is 0 Å². The summed E-state index contributed by atoms with van der Waals surface area (Å²) in [6.07, 6.45) is 0.768. The second-order valence-corrected chi connectivity index (χ2v) is 6.31. The number of nitrogens with zero attached hydrogens (tertiary/aromatic N) is 2. The lowest BCUT2D eigenvalue weighted by molar-refractivity contribution is 0.589. The van der Waals surface area contributed by atoms with E-state index < -0.39 is 11.6 Å². The first kappa shape index (κ1) is 14.5. The van der Waals surface area contributed by atoms with Crippen LogP contribution in [0.25, 0.3) is 11.0 Å². The quantitative estimate of drug-likeness (QED) is 0.622. The van der Waals surface area contributed by atoms with Crippen LogP contribution in [0, 0.1) is 11.6 Å². The minimum Gasteiger partial charge on any atom is -0.326 e. The lowest BCUT2D eigenvalue weighted by Gasteiger charge is -2.10. The molecule has 110 valence electrons. The molecule has 0 aliphatic heterocycles. The molecule has 0 saturated carbocycles. The van der Waals surface area contributed by atoms with Crippen LogP contribution < -0.4 is 0 Å². The second-order valence-electron chi connectivity index (χ2n) is 4.87. The van der Waals surface area contributed by atoms with Gasteiger partial charge in [-0.05, 0) is 41.8 Å². The lowest BCUT2D eigenvalue weighted by atomic mass is 10.2. The van der Waals surface area contributed by atoms with E-state index in [9.17, 15) is 8.78 Å². The predicted octanol–water partition coefficient (Wildman–Crippen LogP) is 4.92. The Hall–Kier alpha value is -1.46. The number of aromatic nitrogens is 2. The summed E-state index contributed by atoms with van der Waals surface area (Å²) in [6, 6.07) is 4.19. The minimum absolute atomic E-state index is 0.171. The standard InChI is InChI=1S/C15H13ClF2N2S/c1-9(16)15-19-14-12(18)6-11(17)7-13(14)20(15)4-2-10-3-5-21-8-10/h3,5-9H,2,4H2,1H3. The van der Waals surface area contributed by atoms with Gasteiger partial charge in [-0.15, -0.1) is 11.6 Å². The molecule has 0 bridgehead atoms. The van der Waals surface area contributed by atoms with Crippen LogP contribution in [-0.2, 0) is 13.0 Å². The molecule has 0 radical (unpaired) electrons. The topological polar surface area (TPSA) is 17.8 Å². The van der Waals surface area contributed by atoms with Crippen LogP contribution in [0.5, 0.6) is 0 Å². The molecule has 0 aliphatic rings. The van der Waals surface area contributed by atoms with Crippen molar-refractivity contribution in [3.05, 3.63) is 52.0 Å². The Morgan fingerprint density at radius 3 is 2.86 bits per heavy atom. The number of aryl methyl sites for hydroxylation is 2. The molecule has 0 aliphatic carbocycles. The number of fused-ring (bicyclic) bond motifs is 1. The molecule has 21 heavy (non-hydrogen) atoms. The maximum absolute atomic E-state index is 13.9. The zero-order valence-electron chi connectivity index (χ0n) is 11.3. The fourth-order valence-corrected chi connectivity index (χ4v) is 3.25. The Labute approximate surface area is 130 Å². The highest BCUT2D eigenvalue weighted by Crippen LogP contribution is 2.27. The molecule has 1 atom stereocenters. The first-order valence-corrected chi connectivity index (χ1v) is 7.94. The van der Waals surface area contributed by atoms with Crippen molar-refractivity contribution in [1.82, 2.24) is 9.55 Å². The van der Waals surface area contributed by atoms with Gasteiger partial charge in [0.05, 0.1) is 10.9 Å². The molecule has 3 aromatic rings. The van der Waals surface area contributed by atoms with Crippen LogP contribution in [0.15, 0.2) is 29.0 Å². The van der Waals surface area contributed by atoms with Gasteiger partial charge in [0, 0.05) is 12.6 Å². The summed E-state index contributed by atoms with van der Waals surface area (Å²) in [6.45, 7) is 2.36. The third-order valence-corrected chi connectivity index (χ3v) is 4.29. The third-order valence-electron chi connectivity index (χ3n) is 3.36. The monoisotopic (exact) mass is 326 g/mol. The number of hydrogen-bond acceptors (Lipinski definition) is 2. The number of rotatable bonds is 4. The fraction of sp³-hybridized carbons (Fsp3) is 0.267. The number of alkyl halides is 1. The van der Waals surface area contributed by atoms with Crippen molar-refractivity contribution in [2.24, 2.45) is 0 Å². The van der Waals surface area contributed by atoms with Crippen molar-refractivity contribution in [3.8, 4) is 0 Å². The lowest BCUT2D eigenvalue weighted by Crippen LogP contribution is -2.06. The van der Waals surface area contributed by atoms with Crippen LogP contribution >= 0.6 is 22.9 Å². The maximum atomic E-state index is 13.9. The Kier molecular flexibility index (Phi) is 3.95. The van der Waals surface area contributed by atoms with Gasteiger partial charge in [0.2, 0.25) is 0 Å². The Morgan fingerprint density at radius 2 is 2.19 bits per heavy atom. The van der Waals surface area contributed by atoms with Gasteiger partial charge in [-0.2, -0.15) is 11.3 Å². The van der Waals surface area contributed by atoms with Crippen molar-refractivity contribution in [3.63, 3.8) is 0 Å². The zero-order chi connectivity index (χ0) is 15.0. The van der Waals surface area contributed by atoms with E-state index >= 15 is 0 Å². The fourth-order valence-electron chi connectivity index (χ4n) is 2.38. The van der Waals surface area contributed by atoms with Gasteiger partial charge < -0.3 is 4.57 Å². The smallest absolute Gasteiger partial charge is 0.153 e. The number of thiophene rings is 1. The van der Waals surface area contributed by atoms with Crippen LogP contribution in [0.1, 0.15) is 23.7 Å². The molecule has 2 heterocycles. The molecular weight excluding hydrogens is 314 g/mol. The molecule has 2 nitrogen and oxygen atoms in total. The molecule has 0 fully saturated rings. The van der Waals surface area contributed by atoms with Gasteiger partial charge >= 0.3 is 0 Å². The van der Waals surface area contributed by atoms with Crippen LogP contribution in [0.3, 0.4) is 0 Å². The molecule has 1 aromatic carbocycles. The Bertz CT molecular complexity index is 766. The van der Waals surface area contributed by atoms with E-state index in [-0.39, 0.29) is 10.9 Å². The summed E-state index contributed by atoms with van der Waals surface area (Å²) in [5.41, 5.74) is 1.81. The normalized spacial score (nSPS) is 13.0. The Balaban J connectivity index is 2.07. The molecule has 0 amide bonds. The summed E-state index contributed by atoms with van der Waals surface area (Å²) in [5, 5.41) is 3.69. The number of benzene rings is 1. The van der Waals surface area contributed by atoms with Crippen LogP contribution in [0.2, 0.25) is 0 Å². The second kappa shape index (κ2) is 5.73. The molecule has 2 aromatic heterocycles. The molecule has 0 saturated heterocycles. The molecule has 3 rings (SSSR count). The summed E-state index contributed by atoms with van der Waals surface area (Å²) in [4.78, 5) is 4.24. The average Bonchev–Trinajstić information content (AvgIpc) is 3.03. The summed E-state index contributed by atoms with van der Waals surface area (Å²) >= 11 is 7.76. The highest BCUT2D eigenvalue weighted by molar-refractivity contribution is 7.07. The highest BCUT2D eigenvalue weighted by atomic mass is 35.5. The van der Waals surface area contributed by atoms with E-state index in [2.05, 4.69) is 10.4 Å². The van der Waals surface area contributed by atoms with Crippen molar-refractivity contribution in [2.75, 3.05) is 0 Å². The van der Waals surface area contributed by atoms with Crippen molar-refractivity contribution in [1.29, 1.82) is 0 Å². The van der Waals surface area contributed by atoms with E-state index in [0.717, 1.165) is 12.5 Å². The minimum atomic E-state index is -0.655. The highest BCUT2D eigenvalue weighted by Gasteiger charge is 2.18. The van der Waals surface area contributed by atoms with Gasteiger partial charge in [0.15, 0.2) is 5.82 Å². The van der Waals surface area contributed by atoms with E-state index in [4.69, 9.17) is 11.6 Å². The summed E-state index contributed by atoms with van der Waals surface area (Å²) < 4.78 is 29.2. The summed E-state index contributed by atoms with van der Waals surface area (Å²) in [7, 11) is 0. The predicted molar refractivity (Wildman–Crippen MR) is 81.9 cm³/mol. The van der Waals surface area contributed by atoms with Gasteiger partial charge in [0.25, 0.3) is 0 Å². The Morgan fingerprint density at radius 1 is 1.38 bits per heavy atom. The van der Waals surface area contributed by atoms with Crippen molar-refractivity contribution in [2.45, 2.75) is 25.3 Å². The first-order valence-electron chi connectivity index (χ1n) is 6.56.